The van der Waals surface area contributed by atoms with Gasteiger partial charge < -0.3 is 0 Å². The fraction of sp³-hybridized carbons (Fsp3) is 0.667. The average Bonchev–Trinajstić information content (AvgIpc) is 2.63. The molecule has 0 amide bonds. The molecule has 1 rings (SSSR count). The van der Waals surface area contributed by atoms with E-state index in [9.17, 15) is 0 Å². The molecule has 0 aromatic rings. The Kier molecular flexibility index (Phi) is 2.11. The van der Waals surface area contributed by atoms with E-state index in [1.807, 2.05) is 0 Å². The summed E-state index contributed by atoms with van der Waals surface area (Å²) in [6.45, 7) is 4.33. The van der Waals surface area contributed by atoms with Gasteiger partial charge in [-0.1, -0.05) is 25.0 Å². The lowest BCUT2D eigenvalue weighted by atomic mass is 10.00. The summed E-state index contributed by atoms with van der Waals surface area (Å²) in [5, 5.41) is 8.48. The zero-order valence-electron chi connectivity index (χ0n) is 6.65. The van der Waals surface area contributed by atoms with Gasteiger partial charge in [0.15, 0.2) is 0 Å². The van der Waals surface area contributed by atoms with Crippen molar-refractivity contribution in [3.63, 3.8) is 0 Å². The molecule has 1 aliphatic rings. The largest absolute Gasteiger partial charge is 0.198 e. The van der Waals surface area contributed by atoms with E-state index in [0.29, 0.717) is 12.3 Å². The molecule has 0 aromatic heterocycles. The minimum atomic E-state index is 0.581. The molecule has 0 aliphatic heterocycles. The fourth-order valence-electron chi connectivity index (χ4n) is 1.21. The van der Waals surface area contributed by atoms with Gasteiger partial charge in [-0.25, -0.2) is 0 Å². The van der Waals surface area contributed by atoms with Crippen LogP contribution in [0.2, 0.25) is 0 Å². The van der Waals surface area contributed by atoms with Crippen LogP contribution in [0.25, 0.3) is 0 Å². The Labute approximate surface area is 62.4 Å². The van der Waals surface area contributed by atoms with E-state index in [1.54, 1.807) is 0 Å². The first-order chi connectivity index (χ1) is 4.75. The zero-order valence-corrected chi connectivity index (χ0v) is 6.65. The number of allylic oxidation sites excluding steroid dienone is 2. The van der Waals surface area contributed by atoms with E-state index in [1.165, 1.54) is 24.0 Å². The molecule has 10 heavy (non-hydrogen) atoms. The SMILES string of the molecule is CC(C)C(CC#N)=C1CC1. The van der Waals surface area contributed by atoms with Crippen molar-refractivity contribution in [2.24, 2.45) is 5.92 Å². The average molecular weight is 135 g/mol. The molecular weight excluding hydrogens is 122 g/mol. The smallest absolute Gasteiger partial charge is 0.0666 e. The van der Waals surface area contributed by atoms with Gasteiger partial charge >= 0.3 is 0 Å². The van der Waals surface area contributed by atoms with Crippen molar-refractivity contribution in [2.75, 3.05) is 0 Å². The van der Waals surface area contributed by atoms with E-state index in [0.717, 1.165) is 0 Å². The molecule has 1 aliphatic carbocycles. The molecule has 0 spiro atoms. The summed E-state index contributed by atoms with van der Waals surface area (Å²) in [7, 11) is 0. The van der Waals surface area contributed by atoms with Gasteiger partial charge in [-0.2, -0.15) is 5.26 Å². The minimum absolute atomic E-state index is 0.581. The van der Waals surface area contributed by atoms with Gasteiger partial charge in [-0.3, -0.25) is 0 Å². The lowest BCUT2D eigenvalue weighted by Crippen LogP contribution is -1.92. The summed E-state index contributed by atoms with van der Waals surface area (Å²) < 4.78 is 0. The molecule has 1 heteroatoms. The molecule has 0 N–H and O–H groups in total. The van der Waals surface area contributed by atoms with Crippen molar-refractivity contribution in [3.05, 3.63) is 11.1 Å². The van der Waals surface area contributed by atoms with E-state index < -0.39 is 0 Å². The lowest BCUT2D eigenvalue weighted by molar-refractivity contribution is 0.745. The highest BCUT2D eigenvalue weighted by atomic mass is 14.3. The van der Waals surface area contributed by atoms with Crippen LogP contribution in [0, 0.1) is 17.2 Å². The Morgan fingerprint density at radius 1 is 1.60 bits per heavy atom. The van der Waals surface area contributed by atoms with Gasteiger partial charge in [-0.15, -0.1) is 0 Å². The number of nitriles is 1. The Morgan fingerprint density at radius 3 is 2.50 bits per heavy atom. The van der Waals surface area contributed by atoms with Crippen molar-refractivity contribution >= 4 is 0 Å². The van der Waals surface area contributed by atoms with Gasteiger partial charge in [0.1, 0.15) is 0 Å². The van der Waals surface area contributed by atoms with Crippen LogP contribution < -0.4 is 0 Å². The van der Waals surface area contributed by atoms with E-state index in [4.69, 9.17) is 5.26 Å². The van der Waals surface area contributed by atoms with Crippen molar-refractivity contribution in [3.8, 4) is 6.07 Å². The second-order valence-corrected chi connectivity index (χ2v) is 3.12. The molecule has 1 saturated carbocycles. The normalized spacial score (nSPS) is 15.2. The molecule has 54 valence electrons. The first kappa shape index (κ1) is 7.34. The van der Waals surface area contributed by atoms with Crippen LogP contribution in [-0.4, -0.2) is 0 Å². The molecule has 1 fully saturated rings. The summed E-state index contributed by atoms with van der Waals surface area (Å²) >= 11 is 0. The molecule has 0 atom stereocenters. The van der Waals surface area contributed by atoms with Gasteiger partial charge in [0.05, 0.1) is 12.5 Å². The van der Waals surface area contributed by atoms with Gasteiger partial charge in [-0.05, 0) is 18.8 Å². The van der Waals surface area contributed by atoms with Crippen molar-refractivity contribution in [2.45, 2.75) is 33.1 Å². The Bertz CT molecular complexity index is 187. The molecule has 0 aromatic carbocycles. The summed E-state index contributed by atoms with van der Waals surface area (Å²) in [6.07, 6.45) is 3.14. The molecule has 0 radical (unpaired) electrons. The molecular formula is C9H13N. The molecule has 0 saturated heterocycles. The maximum absolute atomic E-state index is 8.48. The zero-order chi connectivity index (χ0) is 7.56. The van der Waals surface area contributed by atoms with Crippen LogP contribution in [-0.2, 0) is 0 Å². The monoisotopic (exact) mass is 135 g/mol. The van der Waals surface area contributed by atoms with Crippen molar-refractivity contribution < 1.29 is 0 Å². The second-order valence-electron chi connectivity index (χ2n) is 3.12. The highest BCUT2D eigenvalue weighted by Gasteiger charge is 2.18. The summed E-state index contributed by atoms with van der Waals surface area (Å²) in [4.78, 5) is 0. The lowest BCUT2D eigenvalue weighted by Gasteiger charge is -2.05. The van der Waals surface area contributed by atoms with Gasteiger partial charge in [0.25, 0.3) is 0 Å². The van der Waals surface area contributed by atoms with Crippen LogP contribution in [0.3, 0.4) is 0 Å². The minimum Gasteiger partial charge on any atom is -0.198 e. The standard InChI is InChI=1S/C9H13N/c1-7(2)9(5-6-10)8-3-4-8/h7H,3-5H2,1-2H3. The number of rotatable bonds is 2. The number of nitrogens with zero attached hydrogens (tertiary/aromatic N) is 1. The van der Waals surface area contributed by atoms with Crippen molar-refractivity contribution in [1.29, 1.82) is 5.26 Å². The molecule has 0 unspecified atom stereocenters. The first-order valence-electron chi connectivity index (χ1n) is 3.83. The van der Waals surface area contributed by atoms with Gasteiger partial charge in [0, 0.05) is 0 Å². The van der Waals surface area contributed by atoms with Crippen LogP contribution >= 0.6 is 0 Å². The fourth-order valence-corrected chi connectivity index (χ4v) is 1.21. The van der Waals surface area contributed by atoms with Gasteiger partial charge in [0.2, 0.25) is 0 Å². The van der Waals surface area contributed by atoms with Crippen molar-refractivity contribution in [1.82, 2.24) is 0 Å². The van der Waals surface area contributed by atoms with E-state index in [-0.39, 0.29) is 0 Å². The number of hydrogen-bond donors (Lipinski definition) is 0. The highest BCUT2D eigenvalue weighted by Crippen LogP contribution is 2.35. The quantitative estimate of drug-likeness (QED) is 0.534. The Balaban J connectivity index is 2.63. The van der Waals surface area contributed by atoms with Crippen LogP contribution in [0.4, 0.5) is 0 Å². The van der Waals surface area contributed by atoms with Crippen LogP contribution in [0.15, 0.2) is 11.1 Å². The van der Waals surface area contributed by atoms with E-state index in [2.05, 4.69) is 19.9 Å². The van der Waals surface area contributed by atoms with E-state index >= 15 is 0 Å². The topological polar surface area (TPSA) is 23.8 Å². The maximum atomic E-state index is 8.48. The predicted molar refractivity (Wildman–Crippen MR) is 41.3 cm³/mol. The highest BCUT2D eigenvalue weighted by molar-refractivity contribution is 5.28. The summed E-state index contributed by atoms with van der Waals surface area (Å²) in [5.74, 6) is 0.581. The Morgan fingerprint density at radius 2 is 2.20 bits per heavy atom. The molecule has 0 bridgehead atoms. The van der Waals surface area contributed by atoms with Crippen LogP contribution in [0.5, 0.6) is 0 Å². The number of hydrogen-bond acceptors (Lipinski definition) is 1. The third kappa shape index (κ3) is 1.60. The molecule has 1 nitrogen and oxygen atoms in total. The maximum Gasteiger partial charge on any atom is 0.0666 e. The third-order valence-corrected chi connectivity index (χ3v) is 1.92. The summed E-state index contributed by atoms with van der Waals surface area (Å²) in [5.41, 5.74) is 2.93. The first-order valence-corrected chi connectivity index (χ1v) is 3.83. The van der Waals surface area contributed by atoms with Crippen LogP contribution in [0.1, 0.15) is 33.1 Å². The second kappa shape index (κ2) is 2.88. The predicted octanol–water partition coefficient (Wildman–Crippen LogP) is 2.65. The third-order valence-electron chi connectivity index (χ3n) is 1.92. The summed E-state index contributed by atoms with van der Waals surface area (Å²) in [6, 6.07) is 2.21. The Hall–Kier alpha value is -0.770. The molecule has 0 heterocycles.